The molecular formula is C26H39NO9. The third kappa shape index (κ3) is 10.2. The van der Waals surface area contributed by atoms with Crippen LogP contribution in [0.25, 0.3) is 0 Å². The highest BCUT2D eigenvalue weighted by atomic mass is 16.7. The summed E-state index contributed by atoms with van der Waals surface area (Å²) in [4.78, 5) is 48.7. The van der Waals surface area contributed by atoms with Crippen LogP contribution in [0.4, 0.5) is 4.79 Å². The lowest BCUT2D eigenvalue weighted by Gasteiger charge is -2.26. The van der Waals surface area contributed by atoms with Crippen LogP contribution in [0.1, 0.15) is 59.9 Å². The van der Waals surface area contributed by atoms with Gasteiger partial charge in [-0.05, 0) is 30.0 Å². The molecule has 0 spiro atoms. The highest BCUT2D eigenvalue weighted by Gasteiger charge is 2.36. The van der Waals surface area contributed by atoms with Gasteiger partial charge in [-0.15, -0.1) is 0 Å². The molecule has 0 saturated heterocycles. The van der Waals surface area contributed by atoms with Gasteiger partial charge in [0.2, 0.25) is 0 Å². The summed E-state index contributed by atoms with van der Waals surface area (Å²) in [5, 5.41) is 0. The van der Waals surface area contributed by atoms with Gasteiger partial charge in [0.25, 0.3) is 0 Å². The molecule has 0 aliphatic carbocycles. The number of carbonyl (C=O) groups excluding carboxylic acids is 4. The molecule has 10 heteroatoms. The largest absolute Gasteiger partial charge is 0.508 e. The van der Waals surface area contributed by atoms with E-state index in [0.29, 0.717) is 17.9 Å². The molecule has 1 rings (SSSR count). The zero-order valence-corrected chi connectivity index (χ0v) is 22.3. The number of ether oxygens (including phenoxy) is 5. The first-order valence-electron chi connectivity index (χ1n) is 12.0. The molecule has 0 fully saturated rings. The predicted molar refractivity (Wildman–Crippen MR) is 131 cm³/mol. The Labute approximate surface area is 212 Å². The van der Waals surface area contributed by atoms with Gasteiger partial charge in [-0.3, -0.25) is 14.4 Å². The minimum Gasteiger partial charge on any atom is -0.468 e. The van der Waals surface area contributed by atoms with Gasteiger partial charge in [0.05, 0.1) is 32.2 Å². The van der Waals surface area contributed by atoms with Crippen molar-refractivity contribution in [2.75, 3.05) is 20.3 Å². The number of esters is 3. The van der Waals surface area contributed by atoms with Crippen molar-refractivity contribution in [1.29, 1.82) is 0 Å². The second kappa shape index (κ2) is 14.4. The third-order valence-electron chi connectivity index (χ3n) is 5.17. The number of carbonyl (C=O) groups is 4. The fourth-order valence-corrected chi connectivity index (χ4v) is 2.85. The average molecular weight is 510 g/mol. The maximum absolute atomic E-state index is 12.5. The molecule has 1 atom stereocenters. The topological polar surface area (TPSA) is 140 Å². The SMILES string of the molecule is COC(=O)[C@@](N)(CCOC(=O)OCCC(C)C)Cc1ccc(OC(=O)C(C)C)c(OC(=O)C(C)C)c1. The van der Waals surface area contributed by atoms with E-state index in [2.05, 4.69) is 0 Å². The highest BCUT2D eigenvalue weighted by molar-refractivity contribution is 5.81. The molecule has 202 valence electrons. The molecular weight excluding hydrogens is 470 g/mol. The molecule has 0 unspecified atom stereocenters. The Bertz CT molecular complexity index is 911. The van der Waals surface area contributed by atoms with E-state index in [9.17, 15) is 19.2 Å². The molecule has 1 aromatic rings. The van der Waals surface area contributed by atoms with E-state index in [-0.39, 0.29) is 37.6 Å². The average Bonchev–Trinajstić information content (AvgIpc) is 2.79. The van der Waals surface area contributed by atoms with E-state index in [1.54, 1.807) is 33.8 Å². The second-order valence-corrected chi connectivity index (χ2v) is 9.64. The van der Waals surface area contributed by atoms with Crippen LogP contribution in [0.3, 0.4) is 0 Å². The number of benzene rings is 1. The van der Waals surface area contributed by atoms with Gasteiger partial charge in [-0.25, -0.2) is 4.79 Å². The number of nitrogens with two attached hydrogens (primary N) is 1. The van der Waals surface area contributed by atoms with Crippen LogP contribution < -0.4 is 15.2 Å². The van der Waals surface area contributed by atoms with Crippen molar-refractivity contribution in [3.8, 4) is 11.5 Å². The molecule has 36 heavy (non-hydrogen) atoms. The fraction of sp³-hybridized carbons (Fsp3) is 0.615. The van der Waals surface area contributed by atoms with Crippen molar-refractivity contribution in [3.05, 3.63) is 23.8 Å². The van der Waals surface area contributed by atoms with Crippen LogP contribution in [0.15, 0.2) is 18.2 Å². The standard InChI is InChI=1S/C26H39NO9/c1-16(2)10-12-33-25(31)34-13-11-26(27,24(30)32-7)15-19-8-9-20(35-22(28)17(3)4)21(14-19)36-23(29)18(5)6/h8-9,14,16-18H,10-13,15,27H2,1-7H3/t26-/m1/s1. The maximum atomic E-state index is 12.5. The minimum atomic E-state index is -1.55. The summed E-state index contributed by atoms with van der Waals surface area (Å²) >= 11 is 0. The maximum Gasteiger partial charge on any atom is 0.508 e. The lowest BCUT2D eigenvalue weighted by Crippen LogP contribution is -2.51. The summed E-state index contributed by atoms with van der Waals surface area (Å²) in [6.07, 6.45) is -0.230. The van der Waals surface area contributed by atoms with Gasteiger partial charge in [-0.2, -0.15) is 0 Å². The molecule has 0 aromatic heterocycles. The molecule has 0 amide bonds. The van der Waals surface area contributed by atoms with Crippen LogP contribution in [-0.2, 0) is 35.0 Å². The first-order valence-corrected chi connectivity index (χ1v) is 12.0. The minimum absolute atomic E-state index is 0.0254. The quantitative estimate of drug-likeness (QED) is 0.308. The Balaban J connectivity index is 3.05. The lowest BCUT2D eigenvalue weighted by atomic mass is 9.88. The van der Waals surface area contributed by atoms with Gasteiger partial charge >= 0.3 is 24.1 Å². The highest BCUT2D eigenvalue weighted by Crippen LogP contribution is 2.31. The Kier molecular flexibility index (Phi) is 12.4. The first-order chi connectivity index (χ1) is 16.8. The summed E-state index contributed by atoms with van der Waals surface area (Å²) in [6, 6.07) is 4.55. The van der Waals surface area contributed by atoms with Gasteiger partial charge in [0.15, 0.2) is 11.5 Å². The molecule has 0 aliphatic heterocycles. The molecule has 0 heterocycles. The molecule has 0 aliphatic rings. The summed E-state index contributed by atoms with van der Waals surface area (Å²) in [6.45, 7) is 10.8. The van der Waals surface area contributed by atoms with Gasteiger partial charge in [0.1, 0.15) is 5.54 Å². The normalized spacial score (nSPS) is 12.8. The predicted octanol–water partition coefficient (Wildman–Crippen LogP) is 3.81. The van der Waals surface area contributed by atoms with Crippen molar-refractivity contribution < 1.29 is 42.9 Å². The van der Waals surface area contributed by atoms with Crippen LogP contribution in [-0.4, -0.2) is 49.9 Å². The van der Waals surface area contributed by atoms with Crippen LogP contribution in [0, 0.1) is 17.8 Å². The number of hydrogen-bond donors (Lipinski definition) is 1. The lowest BCUT2D eigenvalue weighted by molar-refractivity contribution is -0.148. The van der Waals surface area contributed by atoms with Crippen LogP contribution in [0.2, 0.25) is 0 Å². The molecule has 2 N–H and O–H groups in total. The Hall–Kier alpha value is -3.14. The Morgan fingerprint density at radius 1 is 0.861 bits per heavy atom. The van der Waals surface area contributed by atoms with Gasteiger partial charge in [0, 0.05) is 12.8 Å². The molecule has 0 radical (unpaired) electrons. The smallest absolute Gasteiger partial charge is 0.468 e. The van der Waals surface area contributed by atoms with Crippen molar-refractivity contribution in [2.24, 2.45) is 23.5 Å². The molecule has 10 nitrogen and oxygen atoms in total. The zero-order valence-electron chi connectivity index (χ0n) is 22.3. The number of hydrogen-bond acceptors (Lipinski definition) is 10. The molecule has 1 aromatic carbocycles. The van der Waals surface area contributed by atoms with Crippen molar-refractivity contribution in [3.63, 3.8) is 0 Å². The molecule has 0 bridgehead atoms. The Morgan fingerprint density at radius 2 is 1.42 bits per heavy atom. The summed E-state index contributed by atoms with van der Waals surface area (Å²) in [7, 11) is 1.20. The van der Waals surface area contributed by atoms with Crippen molar-refractivity contribution in [2.45, 2.75) is 66.3 Å². The summed E-state index contributed by atoms with van der Waals surface area (Å²) in [5.41, 5.74) is 5.33. The third-order valence-corrected chi connectivity index (χ3v) is 5.17. The second-order valence-electron chi connectivity index (χ2n) is 9.64. The van der Waals surface area contributed by atoms with E-state index in [1.165, 1.54) is 19.2 Å². The summed E-state index contributed by atoms with van der Waals surface area (Å²) < 4.78 is 25.7. The van der Waals surface area contributed by atoms with E-state index in [0.717, 1.165) is 0 Å². The van der Waals surface area contributed by atoms with Crippen molar-refractivity contribution >= 4 is 24.1 Å². The zero-order chi connectivity index (χ0) is 27.5. The first kappa shape index (κ1) is 30.9. The number of methoxy groups -OCH3 is 1. The van der Waals surface area contributed by atoms with E-state index >= 15 is 0 Å². The summed E-state index contributed by atoms with van der Waals surface area (Å²) in [5.74, 6) is -2.09. The van der Waals surface area contributed by atoms with E-state index in [4.69, 9.17) is 29.4 Å². The monoisotopic (exact) mass is 509 g/mol. The molecule has 0 saturated carbocycles. The Morgan fingerprint density at radius 3 is 1.94 bits per heavy atom. The van der Waals surface area contributed by atoms with Crippen molar-refractivity contribution in [1.82, 2.24) is 0 Å². The number of rotatable bonds is 13. The van der Waals surface area contributed by atoms with Crippen LogP contribution >= 0.6 is 0 Å². The van der Waals surface area contributed by atoms with Gasteiger partial charge in [-0.1, -0.05) is 47.6 Å². The van der Waals surface area contributed by atoms with E-state index < -0.39 is 41.4 Å². The van der Waals surface area contributed by atoms with E-state index in [1.807, 2.05) is 13.8 Å². The fourth-order valence-electron chi connectivity index (χ4n) is 2.85. The van der Waals surface area contributed by atoms with Gasteiger partial charge < -0.3 is 29.4 Å². The van der Waals surface area contributed by atoms with Crippen LogP contribution in [0.5, 0.6) is 11.5 Å².